The highest BCUT2D eigenvalue weighted by Crippen LogP contribution is 2.18. The smallest absolute Gasteiger partial charge is 0.328 e. The minimum atomic E-state index is -0.843. The number of aliphatic carboxylic acids is 1. The predicted molar refractivity (Wildman–Crippen MR) is 69.1 cm³/mol. The third kappa shape index (κ3) is 5.84. The molecule has 0 aromatic rings. The van der Waals surface area contributed by atoms with Crippen molar-refractivity contribution in [3.63, 3.8) is 0 Å². The molecule has 0 amide bonds. The van der Waals surface area contributed by atoms with Crippen molar-refractivity contribution in [3.05, 3.63) is 11.6 Å². The summed E-state index contributed by atoms with van der Waals surface area (Å²) < 4.78 is 0. The molecule has 1 aliphatic rings. The van der Waals surface area contributed by atoms with E-state index in [1.165, 1.54) is 18.9 Å². The lowest BCUT2D eigenvalue weighted by Crippen LogP contribution is -2.37. The normalized spacial score (nSPS) is 19.9. The zero-order chi connectivity index (χ0) is 12.8. The molecule has 0 spiro atoms. The molecule has 1 heterocycles. The maximum absolute atomic E-state index is 10.5. The molecule has 0 unspecified atom stereocenters. The average Bonchev–Trinajstić information content (AvgIpc) is 2.18. The van der Waals surface area contributed by atoms with Crippen LogP contribution in [0.2, 0.25) is 0 Å². The molecule has 0 saturated carbocycles. The van der Waals surface area contributed by atoms with E-state index in [0.717, 1.165) is 37.7 Å². The van der Waals surface area contributed by atoms with E-state index in [0.29, 0.717) is 0 Å². The Morgan fingerprint density at radius 3 is 2.47 bits per heavy atom. The number of nitrogens with zero attached hydrogens (tertiary/aromatic N) is 2. The van der Waals surface area contributed by atoms with Crippen molar-refractivity contribution in [3.8, 4) is 0 Å². The Morgan fingerprint density at radius 1 is 1.41 bits per heavy atom. The SMILES string of the molecule is CC(=CC(=O)O)CN1CCC(CN(C)C)CC1. The molecule has 1 saturated heterocycles. The van der Waals surface area contributed by atoms with Crippen molar-refractivity contribution in [1.82, 2.24) is 9.80 Å². The van der Waals surface area contributed by atoms with Crippen LogP contribution >= 0.6 is 0 Å². The Morgan fingerprint density at radius 2 is 2.00 bits per heavy atom. The number of carboxylic acids is 1. The van der Waals surface area contributed by atoms with E-state index in [1.54, 1.807) is 0 Å². The average molecular weight is 240 g/mol. The van der Waals surface area contributed by atoms with Crippen LogP contribution in [-0.4, -0.2) is 61.2 Å². The second-order valence-electron chi connectivity index (χ2n) is 5.31. The molecule has 0 aromatic carbocycles. The van der Waals surface area contributed by atoms with Crippen molar-refractivity contribution in [2.75, 3.05) is 40.3 Å². The quantitative estimate of drug-likeness (QED) is 0.735. The number of carboxylic acid groups (broad SMARTS) is 1. The maximum atomic E-state index is 10.5. The number of piperidine rings is 1. The highest BCUT2D eigenvalue weighted by molar-refractivity contribution is 5.80. The van der Waals surface area contributed by atoms with Crippen LogP contribution in [0.15, 0.2) is 11.6 Å². The number of hydrogen-bond donors (Lipinski definition) is 1. The van der Waals surface area contributed by atoms with E-state index in [1.807, 2.05) is 6.92 Å². The Balaban J connectivity index is 2.30. The minimum absolute atomic E-state index is 0.793. The highest BCUT2D eigenvalue weighted by atomic mass is 16.4. The summed E-state index contributed by atoms with van der Waals surface area (Å²) in [5, 5.41) is 8.65. The van der Waals surface area contributed by atoms with Crippen LogP contribution < -0.4 is 0 Å². The molecule has 98 valence electrons. The van der Waals surface area contributed by atoms with Gasteiger partial charge < -0.3 is 10.0 Å². The third-order valence-corrected chi connectivity index (χ3v) is 3.17. The van der Waals surface area contributed by atoms with Gasteiger partial charge in [-0.05, 0) is 52.9 Å². The van der Waals surface area contributed by atoms with Crippen LogP contribution in [0.1, 0.15) is 19.8 Å². The summed E-state index contributed by atoms with van der Waals surface area (Å²) in [5.41, 5.74) is 0.934. The number of rotatable bonds is 5. The van der Waals surface area contributed by atoms with Crippen molar-refractivity contribution >= 4 is 5.97 Å². The van der Waals surface area contributed by atoms with Crippen LogP contribution in [0.3, 0.4) is 0 Å². The summed E-state index contributed by atoms with van der Waals surface area (Å²) in [7, 11) is 4.23. The van der Waals surface area contributed by atoms with E-state index in [-0.39, 0.29) is 0 Å². The molecule has 0 atom stereocenters. The van der Waals surface area contributed by atoms with Gasteiger partial charge in [0.15, 0.2) is 0 Å². The van der Waals surface area contributed by atoms with Crippen molar-refractivity contribution in [2.24, 2.45) is 5.92 Å². The lowest BCUT2D eigenvalue weighted by molar-refractivity contribution is -0.131. The summed E-state index contributed by atoms with van der Waals surface area (Å²) >= 11 is 0. The Kier molecular flexibility index (Phi) is 5.65. The molecule has 0 bridgehead atoms. The molecule has 1 fully saturated rings. The Labute approximate surface area is 104 Å². The first-order chi connectivity index (χ1) is 7.97. The van der Waals surface area contributed by atoms with E-state index < -0.39 is 5.97 Å². The molecule has 1 rings (SSSR count). The topological polar surface area (TPSA) is 43.8 Å². The molecular formula is C13H24N2O2. The molecule has 4 nitrogen and oxygen atoms in total. The largest absolute Gasteiger partial charge is 0.478 e. The molecule has 4 heteroatoms. The van der Waals surface area contributed by atoms with Crippen LogP contribution in [-0.2, 0) is 4.79 Å². The van der Waals surface area contributed by atoms with Gasteiger partial charge in [-0.2, -0.15) is 0 Å². The van der Waals surface area contributed by atoms with Gasteiger partial charge in [-0.15, -0.1) is 0 Å². The summed E-state index contributed by atoms with van der Waals surface area (Å²) in [6, 6.07) is 0. The van der Waals surface area contributed by atoms with Crippen molar-refractivity contribution < 1.29 is 9.90 Å². The lowest BCUT2D eigenvalue weighted by atomic mass is 9.96. The highest BCUT2D eigenvalue weighted by Gasteiger charge is 2.19. The lowest BCUT2D eigenvalue weighted by Gasteiger charge is -2.33. The van der Waals surface area contributed by atoms with Gasteiger partial charge in [0.25, 0.3) is 0 Å². The van der Waals surface area contributed by atoms with Gasteiger partial charge in [-0.25, -0.2) is 4.79 Å². The molecule has 0 radical (unpaired) electrons. The van der Waals surface area contributed by atoms with E-state index in [4.69, 9.17) is 5.11 Å². The number of hydrogen-bond acceptors (Lipinski definition) is 3. The fourth-order valence-electron chi connectivity index (χ4n) is 2.45. The molecule has 17 heavy (non-hydrogen) atoms. The van der Waals surface area contributed by atoms with E-state index in [2.05, 4.69) is 23.9 Å². The predicted octanol–water partition coefficient (Wildman–Crippen LogP) is 1.29. The van der Waals surface area contributed by atoms with Crippen LogP contribution in [0.4, 0.5) is 0 Å². The van der Waals surface area contributed by atoms with Gasteiger partial charge in [0.05, 0.1) is 0 Å². The second kappa shape index (κ2) is 6.77. The monoisotopic (exact) mass is 240 g/mol. The van der Waals surface area contributed by atoms with Gasteiger partial charge in [0.2, 0.25) is 0 Å². The van der Waals surface area contributed by atoms with Gasteiger partial charge in [0.1, 0.15) is 0 Å². The van der Waals surface area contributed by atoms with Gasteiger partial charge >= 0.3 is 5.97 Å². The Bertz CT molecular complexity index is 279. The summed E-state index contributed by atoms with van der Waals surface area (Å²) in [5.74, 6) is -0.0463. The summed E-state index contributed by atoms with van der Waals surface area (Å²) in [6.07, 6.45) is 3.75. The standard InChI is InChI=1S/C13H24N2O2/c1-11(8-13(16)17)9-15-6-4-12(5-7-15)10-14(2)3/h8,12H,4-7,9-10H2,1-3H3,(H,16,17). The zero-order valence-corrected chi connectivity index (χ0v) is 11.1. The first-order valence-electron chi connectivity index (χ1n) is 6.24. The molecule has 0 aromatic heterocycles. The van der Waals surface area contributed by atoms with Crippen LogP contribution in [0.25, 0.3) is 0 Å². The first-order valence-corrected chi connectivity index (χ1v) is 6.24. The molecule has 0 aliphatic carbocycles. The third-order valence-electron chi connectivity index (χ3n) is 3.17. The fourth-order valence-corrected chi connectivity index (χ4v) is 2.45. The van der Waals surface area contributed by atoms with Crippen molar-refractivity contribution in [2.45, 2.75) is 19.8 Å². The van der Waals surface area contributed by atoms with Crippen LogP contribution in [0, 0.1) is 5.92 Å². The Hall–Kier alpha value is -0.870. The molecular weight excluding hydrogens is 216 g/mol. The minimum Gasteiger partial charge on any atom is -0.478 e. The zero-order valence-electron chi connectivity index (χ0n) is 11.1. The van der Waals surface area contributed by atoms with Crippen LogP contribution in [0.5, 0.6) is 0 Å². The maximum Gasteiger partial charge on any atom is 0.328 e. The number of likely N-dealkylation sites (tertiary alicyclic amines) is 1. The first kappa shape index (κ1) is 14.2. The van der Waals surface area contributed by atoms with E-state index >= 15 is 0 Å². The number of carbonyl (C=O) groups is 1. The van der Waals surface area contributed by atoms with Gasteiger partial charge in [0, 0.05) is 19.2 Å². The molecule has 1 aliphatic heterocycles. The van der Waals surface area contributed by atoms with Crippen molar-refractivity contribution in [1.29, 1.82) is 0 Å². The molecule has 1 N–H and O–H groups in total. The fraction of sp³-hybridized carbons (Fsp3) is 0.769. The van der Waals surface area contributed by atoms with E-state index in [9.17, 15) is 4.79 Å². The summed E-state index contributed by atoms with van der Waals surface area (Å²) in [6.45, 7) is 6.02. The van der Waals surface area contributed by atoms with Gasteiger partial charge in [-0.1, -0.05) is 5.57 Å². The second-order valence-corrected chi connectivity index (χ2v) is 5.31. The van der Waals surface area contributed by atoms with Gasteiger partial charge in [-0.3, -0.25) is 4.90 Å². The summed E-state index contributed by atoms with van der Waals surface area (Å²) in [4.78, 5) is 15.1.